The molecule has 3 aromatic rings. The number of allylic oxidation sites excluding steroid dienone is 2. The van der Waals surface area contributed by atoms with E-state index in [0.717, 1.165) is 0 Å². The van der Waals surface area contributed by atoms with Crippen LogP contribution in [0.3, 0.4) is 0 Å². The fourth-order valence-corrected chi connectivity index (χ4v) is 5.61. The monoisotopic (exact) mass is 431 g/mol. The summed E-state index contributed by atoms with van der Waals surface area (Å²) in [7, 11) is -1.12. The van der Waals surface area contributed by atoms with E-state index in [1.807, 2.05) is 9.98 Å². The number of fused-ring (bicyclic) bond motifs is 1. The summed E-state index contributed by atoms with van der Waals surface area (Å²) >= 11 is 6.38. The number of carboxylic acids is 1. The summed E-state index contributed by atoms with van der Waals surface area (Å²) in [6.45, 7) is 4.01. The van der Waals surface area contributed by atoms with Crippen LogP contribution in [0.2, 0.25) is 5.02 Å². The molecular weight excluding hydrogens is 415 g/mol. The van der Waals surface area contributed by atoms with Gasteiger partial charge in [0.25, 0.3) is 0 Å². The van der Waals surface area contributed by atoms with Crippen LogP contribution in [0.1, 0.15) is 11.8 Å². The molecule has 0 fully saturated rings. The van der Waals surface area contributed by atoms with Crippen molar-refractivity contribution in [3.05, 3.63) is 76.9 Å². The number of aliphatic carboxylic acids is 1. The Bertz CT molecular complexity index is 1160. The maximum absolute atomic E-state index is 13.4. The van der Waals surface area contributed by atoms with Crippen LogP contribution in [0.25, 0.3) is 11.0 Å². The average molecular weight is 432 g/mol. The Balaban J connectivity index is 1.75. The van der Waals surface area contributed by atoms with Gasteiger partial charge in [-0.05, 0) is 36.1 Å². The topological polar surface area (TPSA) is 80.0 Å². The van der Waals surface area contributed by atoms with Gasteiger partial charge in [-0.3, -0.25) is 0 Å². The molecule has 2 N–H and O–H groups in total. The Morgan fingerprint density at radius 2 is 2.28 bits per heavy atom. The van der Waals surface area contributed by atoms with Gasteiger partial charge in [-0.15, -0.1) is 0 Å². The fraction of sp³-hybridized carbons (Fsp3) is 0.100. The molecule has 3 heterocycles. The highest BCUT2D eigenvalue weighted by Crippen LogP contribution is 2.53. The second-order valence-electron chi connectivity index (χ2n) is 6.33. The SMILES string of the molecule is [CH2]CC(n1cc(Cl)c2cnc(Nc3cccc(F)c3)nc21)[SH]1C=CC=C1C(=O)O. The molecule has 29 heavy (non-hydrogen) atoms. The third kappa shape index (κ3) is 3.73. The van der Waals surface area contributed by atoms with Crippen LogP contribution in [-0.4, -0.2) is 25.6 Å². The first-order chi connectivity index (χ1) is 14.0. The van der Waals surface area contributed by atoms with Crippen molar-refractivity contribution in [1.82, 2.24) is 14.5 Å². The van der Waals surface area contributed by atoms with E-state index in [2.05, 4.69) is 22.2 Å². The standard InChI is InChI=1S/C20H17ClFN4O2S/c1-2-17(29-8-4-7-16(29)19(27)28)26-11-15(21)14-10-23-20(25-18(14)26)24-13-6-3-5-12(22)9-13/h3-11,17,29H,1-2H2,(H,27,28)(H,23,24,25). The first kappa shape index (κ1) is 19.5. The summed E-state index contributed by atoms with van der Waals surface area (Å²) in [5.74, 6) is -1.03. The molecule has 0 spiro atoms. The number of rotatable bonds is 6. The highest BCUT2D eigenvalue weighted by atomic mass is 35.5. The van der Waals surface area contributed by atoms with Crippen LogP contribution in [0.4, 0.5) is 16.0 Å². The zero-order valence-corrected chi connectivity index (χ0v) is 16.7. The predicted octanol–water partition coefficient (Wildman–Crippen LogP) is 5.19. The second-order valence-corrected chi connectivity index (χ2v) is 8.92. The van der Waals surface area contributed by atoms with Crippen LogP contribution in [0.15, 0.2) is 59.1 Å². The summed E-state index contributed by atoms with van der Waals surface area (Å²) < 4.78 is 15.3. The summed E-state index contributed by atoms with van der Waals surface area (Å²) in [6, 6.07) is 5.99. The molecule has 2 atom stereocenters. The highest BCUT2D eigenvalue weighted by molar-refractivity contribution is 8.23. The summed E-state index contributed by atoms with van der Waals surface area (Å²) in [4.78, 5) is 20.8. The van der Waals surface area contributed by atoms with E-state index >= 15 is 0 Å². The second kappa shape index (κ2) is 7.88. The number of aromatic nitrogens is 3. The number of thiol groups is 1. The molecule has 2 unspecified atom stereocenters. The van der Waals surface area contributed by atoms with Gasteiger partial charge >= 0.3 is 5.97 Å². The van der Waals surface area contributed by atoms with Gasteiger partial charge in [0.2, 0.25) is 5.95 Å². The maximum Gasteiger partial charge on any atom is 0.340 e. The van der Waals surface area contributed by atoms with E-state index in [-0.39, 0.29) is 17.1 Å². The van der Waals surface area contributed by atoms with Crippen LogP contribution in [0.5, 0.6) is 0 Å². The molecule has 4 rings (SSSR count). The number of carbonyl (C=O) groups is 1. The Morgan fingerprint density at radius 1 is 1.45 bits per heavy atom. The molecule has 0 saturated carbocycles. The van der Waals surface area contributed by atoms with Gasteiger partial charge in [-0.25, -0.2) is 14.2 Å². The van der Waals surface area contributed by atoms with Crippen LogP contribution < -0.4 is 5.32 Å². The van der Waals surface area contributed by atoms with Crippen molar-refractivity contribution in [3.63, 3.8) is 0 Å². The number of benzene rings is 1. The normalized spacial score (nSPS) is 18.0. The van der Waals surface area contributed by atoms with Crippen molar-refractivity contribution in [1.29, 1.82) is 0 Å². The Labute approximate surface area is 174 Å². The first-order valence-corrected chi connectivity index (χ1v) is 10.6. The summed E-state index contributed by atoms with van der Waals surface area (Å²) in [5, 5.41) is 15.3. The van der Waals surface area contributed by atoms with Gasteiger partial charge in [-0.1, -0.05) is 30.7 Å². The van der Waals surface area contributed by atoms with Crippen LogP contribution in [0, 0.1) is 12.7 Å². The number of hydrogen-bond acceptors (Lipinski definition) is 4. The quantitative estimate of drug-likeness (QED) is 0.468. The van der Waals surface area contributed by atoms with Gasteiger partial charge < -0.3 is 15.0 Å². The van der Waals surface area contributed by atoms with E-state index in [1.54, 1.807) is 36.7 Å². The molecule has 9 heteroatoms. The third-order valence-electron chi connectivity index (χ3n) is 4.50. The first-order valence-electron chi connectivity index (χ1n) is 8.73. The molecular formula is C20H17ClFN4O2S. The van der Waals surface area contributed by atoms with E-state index in [1.165, 1.54) is 12.1 Å². The highest BCUT2D eigenvalue weighted by Gasteiger charge is 2.28. The zero-order chi connectivity index (χ0) is 20.5. The van der Waals surface area contributed by atoms with Crippen molar-refractivity contribution in [2.24, 2.45) is 0 Å². The van der Waals surface area contributed by atoms with Gasteiger partial charge in [0.15, 0.2) is 0 Å². The molecule has 1 aromatic carbocycles. The molecule has 0 saturated heterocycles. The number of nitrogens with zero attached hydrogens (tertiary/aromatic N) is 3. The minimum atomic E-state index is -1.12. The van der Waals surface area contributed by atoms with Gasteiger partial charge in [-0.2, -0.15) is 15.9 Å². The van der Waals surface area contributed by atoms with Crippen LogP contribution in [-0.2, 0) is 4.79 Å². The van der Waals surface area contributed by atoms with E-state index in [4.69, 9.17) is 11.6 Å². The lowest BCUT2D eigenvalue weighted by Crippen LogP contribution is -2.11. The lowest BCUT2D eigenvalue weighted by molar-refractivity contribution is -0.131. The number of anilines is 2. The summed E-state index contributed by atoms with van der Waals surface area (Å²) in [5.41, 5.74) is 1.08. The largest absolute Gasteiger partial charge is 0.477 e. The Morgan fingerprint density at radius 3 is 3.00 bits per heavy atom. The van der Waals surface area contributed by atoms with Gasteiger partial charge in [0, 0.05) is 18.1 Å². The molecule has 1 radical (unpaired) electrons. The molecule has 0 amide bonds. The summed E-state index contributed by atoms with van der Waals surface area (Å²) in [6.07, 6.45) is 7.16. The van der Waals surface area contributed by atoms with Crippen molar-refractivity contribution < 1.29 is 14.3 Å². The minimum Gasteiger partial charge on any atom is -0.477 e. The molecule has 0 bridgehead atoms. The van der Waals surface area contributed by atoms with E-state index in [0.29, 0.717) is 33.1 Å². The molecule has 1 aliphatic heterocycles. The van der Waals surface area contributed by atoms with Gasteiger partial charge in [0.05, 0.1) is 20.7 Å². The average Bonchev–Trinajstić information content (AvgIpc) is 3.29. The van der Waals surface area contributed by atoms with Gasteiger partial charge in [0.1, 0.15) is 11.5 Å². The smallest absolute Gasteiger partial charge is 0.340 e. The van der Waals surface area contributed by atoms with Crippen molar-refractivity contribution in [3.8, 4) is 0 Å². The lowest BCUT2D eigenvalue weighted by atomic mass is 10.3. The molecule has 6 nitrogen and oxygen atoms in total. The van der Waals surface area contributed by atoms with E-state index in [9.17, 15) is 14.3 Å². The Hall–Kier alpha value is -2.84. The number of carboxylic acid groups (broad SMARTS) is 1. The van der Waals surface area contributed by atoms with Crippen molar-refractivity contribution in [2.75, 3.05) is 5.32 Å². The zero-order valence-electron chi connectivity index (χ0n) is 15.1. The lowest BCUT2D eigenvalue weighted by Gasteiger charge is -2.28. The third-order valence-corrected chi connectivity index (χ3v) is 7.34. The number of nitrogens with one attached hydrogen (secondary N) is 1. The molecule has 1 aliphatic rings. The van der Waals surface area contributed by atoms with Crippen molar-refractivity contribution >= 4 is 51.1 Å². The number of halogens is 2. The van der Waals surface area contributed by atoms with E-state index < -0.39 is 16.9 Å². The van der Waals surface area contributed by atoms with Crippen LogP contribution >= 0.6 is 22.5 Å². The fourth-order valence-electron chi connectivity index (χ4n) is 3.22. The molecule has 149 valence electrons. The molecule has 0 aliphatic carbocycles. The molecule has 2 aromatic heterocycles. The Kier molecular flexibility index (Phi) is 5.29. The predicted molar refractivity (Wildman–Crippen MR) is 115 cm³/mol. The van der Waals surface area contributed by atoms with Crippen molar-refractivity contribution in [2.45, 2.75) is 11.8 Å². The number of hydrogen-bond donors (Lipinski definition) is 3. The maximum atomic E-state index is 13.4. The minimum absolute atomic E-state index is 0.224.